The first-order chi connectivity index (χ1) is 13.5. The van der Waals surface area contributed by atoms with Crippen LogP contribution in [0.4, 0.5) is 5.69 Å². The molecule has 0 radical (unpaired) electrons. The molecule has 144 valence electrons. The summed E-state index contributed by atoms with van der Waals surface area (Å²) in [6, 6.07) is 16.2. The van der Waals surface area contributed by atoms with Crippen LogP contribution in [0.25, 0.3) is 10.1 Å². The van der Waals surface area contributed by atoms with Gasteiger partial charge in [0.25, 0.3) is 11.8 Å². The lowest BCUT2D eigenvalue weighted by molar-refractivity contribution is -0.152. The molecule has 1 heterocycles. The first-order valence-corrected chi connectivity index (χ1v) is 9.66. The largest absolute Gasteiger partial charge is 0.451 e. The zero-order chi connectivity index (χ0) is 20.1. The van der Waals surface area contributed by atoms with E-state index < -0.39 is 23.9 Å². The Kier molecular flexibility index (Phi) is 6.28. The van der Waals surface area contributed by atoms with E-state index >= 15 is 0 Å². The molecule has 3 rings (SSSR count). The molecule has 0 fully saturated rings. The van der Waals surface area contributed by atoms with Crippen LogP contribution in [-0.4, -0.2) is 30.4 Å². The fourth-order valence-electron chi connectivity index (χ4n) is 2.45. The van der Waals surface area contributed by atoms with Crippen LogP contribution in [-0.2, 0) is 14.3 Å². The van der Waals surface area contributed by atoms with Crippen LogP contribution >= 0.6 is 22.9 Å². The molecule has 3 aromatic rings. The molecule has 0 bridgehead atoms. The molecule has 8 heteroatoms. The lowest BCUT2D eigenvalue weighted by Gasteiger charge is -2.13. The van der Waals surface area contributed by atoms with Gasteiger partial charge in [0.2, 0.25) is 0 Å². The SMILES string of the molecule is C[C@@H](OC(=O)CNC(=O)c1sc2ccccc2c1Cl)C(=O)Nc1ccccc1. The van der Waals surface area contributed by atoms with Gasteiger partial charge in [0.15, 0.2) is 6.10 Å². The summed E-state index contributed by atoms with van der Waals surface area (Å²) < 4.78 is 5.95. The Hall–Kier alpha value is -2.90. The van der Waals surface area contributed by atoms with Crippen molar-refractivity contribution < 1.29 is 19.1 Å². The number of ether oxygens (including phenoxy) is 1. The van der Waals surface area contributed by atoms with Crippen molar-refractivity contribution in [2.24, 2.45) is 0 Å². The van der Waals surface area contributed by atoms with Gasteiger partial charge in [-0.15, -0.1) is 11.3 Å². The number of hydrogen-bond donors (Lipinski definition) is 2. The molecule has 2 amide bonds. The van der Waals surface area contributed by atoms with Gasteiger partial charge in [0.05, 0.1) is 5.02 Å². The third-order valence-corrected chi connectivity index (χ3v) is 5.53. The van der Waals surface area contributed by atoms with Gasteiger partial charge in [-0.2, -0.15) is 0 Å². The van der Waals surface area contributed by atoms with Crippen molar-refractivity contribution >= 4 is 56.5 Å². The lowest BCUT2D eigenvalue weighted by Crippen LogP contribution is -2.35. The Balaban J connectivity index is 1.52. The summed E-state index contributed by atoms with van der Waals surface area (Å²) >= 11 is 7.49. The highest BCUT2D eigenvalue weighted by Crippen LogP contribution is 2.34. The molecular weight excluding hydrogens is 400 g/mol. The summed E-state index contributed by atoms with van der Waals surface area (Å²) in [5, 5.41) is 6.25. The van der Waals surface area contributed by atoms with Crippen LogP contribution in [0.1, 0.15) is 16.6 Å². The summed E-state index contributed by atoms with van der Waals surface area (Å²) in [7, 11) is 0. The summed E-state index contributed by atoms with van der Waals surface area (Å²) in [6.45, 7) is 1.09. The van der Waals surface area contributed by atoms with E-state index in [0.717, 1.165) is 10.1 Å². The third-order valence-electron chi connectivity index (χ3n) is 3.85. The average Bonchev–Trinajstić information content (AvgIpc) is 3.04. The van der Waals surface area contributed by atoms with Crippen LogP contribution < -0.4 is 10.6 Å². The molecule has 0 aliphatic heterocycles. The predicted molar refractivity (Wildman–Crippen MR) is 110 cm³/mol. The fraction of sp³-hybridized carbons (Fsp3) is 0.150. The van der Waals surface area contributed by atoms with Gasteiger partial charge in [-0.3, -0.25) is 14.4 Å². The van der Waals surface area contributed by atoms with E-state index in [9.17, 15) is 14.4 Å². The summed E-state index contributed by atoms with van der Waals surface area (Å²) in [6.07, 6.45) is -1.00. The maximum absolute atomic E-state index is 12.3. The van der Waals surface area contributed by atoms with Crippen molar-refractivity contribution in [2.45, 2.75) is 13.0 Å². The van der Waals surface area contributed by atoms with Crippen molar-refractivity contribution in [3.8, 4) is 0 Å². The second kappa shape index (κ2) is 8.86. The van der Waals surface area contributed by atoms with Crippen molar-refractivity contribution in [3.05, 3.63) is 64.5 Å². The Morgan fingerprint density at radius 1 is 1.07 bits per heavy atom. The van der Waals surface area contributed by atoms with E-state index in [1.807, 2.05) is 30.3 Å². The maximum atomic E-state index is 12.3. The minimum atomic E-state index is -1.00. The smallest absolute Gasteiger partial charge is 0.326 e. The van der Waals surface area contributed by atoms with Crippen LogP contribution in [0.3, 0.4) is 0 Å². The molecule has 0 unspecified atom stereocenters. The predicted octanol–water partition coefficient (Wildman–Crippen LogP) is 3.85. The number of thiophene rings is 1. The molecule has 2 N–H and O–H groups in total. The van der Waals surface area contributed by atoms with Crippen LogP contribution in [0.5, 0.6) is 0 Å². The highest BCUT2D eigenvalue weighted by Gasteiger charge is 2.20. The standard InChI is InChI=1S/C20H17ClN2O4S/c1-12(19(25)23-13-7-3-2-4-8-13)27-16(24)11-22-20(26)18-17(21)14-9-5-6-10-15(14)28-18/h2-10,12H,11H2,1H3,(H,22,26)(H,23,25)/t12-/m1/s1. The fourth-order valence-corrected chi connectivity index (χ4v) is 3.88. The molecular formula is C20H17ClN2O4S. The topological polar surface area (TPSA) is 84.5 Å². The molecule has 0 saturated carbocycles. The zero-order valence-electron chi connectivity index (χ0n) is 14.9. The monoisotopic (exact) mass is 416 g/mol. The van der Waals surface area contributed by atoms with Gasteiger partial charge in [0.1, 0.15) is 11.4 Å². The molecule has 1 atom stereocenters. The van der Waals surface area contributed by atoms with E-state index in [-0.39, 0.29) is 6.54 Å². The number of nitrogens with one attached hydrogen (secondary N) is 2. The first kappa shape index (κ1) is 19.9. The number of carbonyl (C=O) groups is 3. The number of rotatable bonds is 6. The Morgan fingerprint density at radius 2 is 1.75 bits per heavy atom. The van der Waals surface area contributed by atoms with E-state index in [1.54, 1.807) is 24.3 Å². The summed E-state index contributed by atoms with van der Waals surface area (Å²) in [5.41, 5.74) is 0.600. The highest BCUT2D eigenvalue weighted by atomic mass is 35.5. The number of hydrogen-bond acceptors (Lipinski definition) is 5. The van der Waals surface area contributed by atoms with Crippen LogP contribution in [0.2, 0.25) is 5.02 Å². The molecule has 2 aromatic carbocycles. The van der Waals surface area contributed by atoms with E-state index in [1.165, 1.54) is 18.3 Å². The number of esters is 1. The van der Waals surface area contributed by atoms with Gasteiger partial charge >= 0.3 is 5.97 Å². The molecule has 0 aliphatic carbocycles. The zero-order valence-corrected chi connectivity index (χ0v) is 16.5. The Labute approximate surface area is 170 Å². The number of amides is 2. The van der Waals surface area contributed by atoms with Gasteiger partial charge in [-0.05, 0) is 25.1 Å². The van der Waals surface area contributed by atoms with E-state index in [2.05, 4.69) is 10.6 Å². The molecule has 28 heavy (non-hydrogen) atoms. The van der Waals surface area contributed by atoms with Gasteiger partial charge in [-0.25, -0.2) is 0 Å². The minimum absolute atomic E-state index is 0.325. The number of halogens is 1. The van der Waals surface area contributed by atoms with Gasteiger partial charge in [0, 0.05) is 15.8 Å². The van der Waals surface area contributed by atoms with E-state index in [0.29, 0.717) is 15.6 Å². The Bertz CT molecular complexity index is 1020. The molecule has 1 aromatic heterocycles. The number of anilines is 1. The van der Waals surface area contributed by atoms with Crippen LogP contribution in [0, 0.1) is 0 Å². The first-order valence-electron chi connectivity index (χ1n) is 8.46. The summed E-state index contributed by atoms with van der Waals surface area (Å²) in [5.74, 6) is -1.65. The second-order valence-corrected chi connectivity index (χ2v) is 7.34. The number of benzene rings is 2. The number of fused-ring (bicyclic) bond motifs is 1. The van der Waals surface area contributed by atoms with Crippen molar-refractivity contribution in [1.29, 1.82) is 0 Å². The maximum Gasteiger partial charge on any atom is 0.326 e. The van der Waals surface area contributed by atoms with Gasteiger partial charge < -0.3 is 15.4 Å². The third kappa shape index (κ3) is 4.68. The average molecular weight is 417 g/mol. The number of carbonyl (C=O) groups excluding carboxylic acids is 3. The normalized spacial score (nSPS) is 11.6. The number of para-hydroxylation sites is 1. The molecule has 6 nitrogen and oxygen atoms in total. The highest BCUT2D eigenvalue weighted by molar-refractivity contribution is 7.21. The minimum Gasteiger partial charge on any atom is -0.451 e. The van der Waals surface area contributed by atoms with Crippen molar-refractivity contribution in [3.63, 3.8) is 0 Å². The van der Waals surface area contributed by atoms with Crippen molar-refractivity contribution in [1.82, 2.24) is 5.32 Å². The molecule has 0 spiro atoms. The van der Waals surface area contributed by atoms with E-state index in [4.69, 9.17) is 16.3 Å². The van der Waals surface area contributed by atoms with Gasteiger partial charge in [-0.1, -0.05) is 48.0 Å². The summed E-state index contributed by atoms with van der Waals surface area (Å²) in [4.78, 5) is 36.7. The van der Waals surface area contributed by atoms with Crippen molar-refractivity contribution in [2.75, 3.05) is 11.9 Å². The lowest BCUT2D eigenvalue weighted by atomic mass is 10.2. The second-order valence-electron chi connectivity index (χ2n) is 5.91. The quantitative estimate of drug-likeness (QED) is 0.597. The van der Waals surface area contributed by atoms with Crippen LogP contribution in [0.15, 0.2) is 54.6 Å². The molecule has 0 aliphatic rings. The Morgan fingerprint density at radius 3 is 2.46 bits per heavy atom. The molecule has 0 saturated heterocycles.